The zero-order valence-corrected chi connectivity index (χ0v) is 22.9. The summed E-state index contributed by atoms with van der Waals surface area (Å²) in [5.74, 6) is -0.175. The molecule has 204 valence electrons. The van der Waals surface area contributed by atoms with E-state index in [1.54, 1.807) is 44.0 Å². The molecular weight excluding hydrogens is 510 g/mol. The number of aryl methyl sites for hydroxylation is 1. The number of carbonyl (C=O) groups excluding carboxylic acids is 1. The highest BCUT2D eigenvalue weighted by Crippen LogP contribution is 2.26. The first-order valence-electron chi connectivity index (χ1n) is 12.8. The quantitative estimate of drug-likeness (QED) is 0.436. The van der Waals surface area contributed by atoms with E-state index in [1.807, 2.05) is 16.7 Å². The molecule has 4 rings (SSSR count). The van der Waals surface area contributed by atoms with Crippen molar-refractivity contribution in [3.8, 4) is 11.3 Å². The summed E-state index contributed by atoms with van der Waals surface area (Å²) in [6.07, 6.45) is 3.94. The Kier molecular flexibility index (Phi) is 8.01. The number of amides is 1. The number of nitrogens with zero attached hydrogens (tertiary/aromatic N) is 5. The molecule has 1 amide bonds. The van der Waals surface area contributed by atoms with Crippen LogP contribution in [0.5, 0.6) is 0 Å². The Morgan fingerprint density at radius 3 is 2.50 bits per heavy atom. The van der Waals surface area contributed by atoms with E-state index in [0.717, 1.165) is 24.8 Å². The number of aliphatic carboxylic acids is 1. The maximum Gasteiger partial charge on any atom is 0.410 e. The van der Waals surface area contributed by atoms with Crippen molar-refractivity contribution in [1.29, 1.82) is 0 Å². The third-order valence-corrected chi connectivity index (χ3v) is 6.68. The van der Waals surface area contributed by atoms with Crippen LogP contribution in [0.25, 0.3) is 17.0 Å². The van der Waals surface area contributed by atoms with Crippen LogP contribution in [0.15, 0.2) is 41.3 Å². The fraction of sp³-hybridized carbons (Fsp3) is 0.481. The van der Waals surface area contributed by atoms with Gasteiger partial charge in [0.25, 0.3) is 5.56 Å². The maximum atomic E-state index is 13.3. The molecule has 0 aliphatic carbocycles. The van der Waals surface area contributed by atoms with Crippen LogP contribution in [0.3, 0.4) is 0 Å². The standard InChI is InChI=1S/C27H34ClN5O5/c1-5-6-7-12-32-22(31-14-13-30(17-21(31)24(35)36)26(37)38-27(2,3)4)15-23(34)33-16-20(29-25(32)33)18-8-10-19(28)11-9-18/h8-11,15-16,21H,5-7,12-14,17H2,1-4H3,(H,35,36)/t21-/m0/s1. The number of unbranched alkanes of at least 4 members (excludes halogenated alkanes) is 2. The SMILES string of the molecule is CCCCCn1c(N2CCN(C(=O)OC(C)(C)C)C[C@H]2C(=O)O)cc(=O)n2cc(-c3ccc(Cl)cc3)nc12. The van der Waals surface area contributed by atoms with E-state index in [4.69, 9.17) is 21.3 Å². The highest BCUT2D eigenvalue weighted by molar-refractivity contribution is 6.30. The summed E-state index contributed by atoms with van der Waals surface area (Å²) in [6, 6.07) is 7.62. The third-order valence-electron chi connectivity index (χ3n) is 6.43. The number of fused-ring (bicyclic) bond motifs is 1. The molecule has 1 atom stereocenters. The van der Waals surface area contributed by atoms with Gasteiger partial charge < -0.3 is 19.6 Å². The Hall–Kier alpha value is -3.53. The fourth-order valence-electron chi connectivity index (χ4n) is 4.58. The normalized spacial score (nSPS) is 16.2. The van der Waals surface area contributed by atoms with Crippen molar-refractivity contribution in [2.24, 2.45) is 0 Å². The minimum atomic E-state index is -1.09. The van der Waals surface area contributed by atoms with E-state index in [-0.39, 0.29) is 25.2 Å². The van der Waals surface area contributed by atoms with Crippen LogP contribution in [-0.4, -0.2) is 67.3 Å². The molecule has 0 bridgehead atoms. The Bertz CT molecular complexity index is 1380. The van der Waals surface area contributed by atoms with Gasteiger partial charge in [0.15, 0.2) is 0 Å². The van der Waals surface area contributed by atoms with Gasteiger partial charge in [-0.25, -0.2) is 14.6 Å². The van der Waals surface area contributed by atoms with Gasteiger partial charge in [0.05, 0.1) is 12.2 Å². The number of ether oxygens (including phenoxy) is 1. The first-order valence-corrected chi connectivity index (χ1v) is 13.2. The third kappa shape index (κ3) is 5.96. The molecule has 0 radical (unpaired) electrons. The van der Waals surface area contributed by atoms with Gasteiger partial charge in [-0.15, -0.1) is 0 Å². The molecule has 11 heteroatoms. The van der Waals surface area contributed by atoms with Gasteiger partial charge in [-0.1, -0.05) is 43.5 Å². The number of hydrogen-bond donors (Lipinski definition) is 1. The van der Waals surface area contributed by atoms with Crippen molar-refractivity contribution < 1.29 is 19.4 Å². The number of carboxylic acids is 1. The number of piperazine rings is 1. The predicted octanol–water partition coefficient (Wildman–Crippen LogP) is 4.52. The van der Waals surface area contributed by atoms with E-state index in [2.05, 4.69) is 6.92 Å². The van der Waals surface area contributed by atoms with E-state index in [9.17, 15) is 19.5 Å². The number of carboxylic acid groups (broad SMARTS) is 1. The number of rotatable bonds is 7. The van der Waals surface area contributed by atoms with Gasteiger partial charge in [-0.2, -0.15) is 0 Å². The lowest BCUT2D eigenvalue weighted by molar-refractivity contribution is -0.139. The van der Waals surface area contributed by atoms with Crippen molar-refractivity contribution in [2.45, 2.75) is 65.1 Å². The van der Waals surface area contributed by atoms with Crippen LogP contribution in [0.1, 0.15) is 47.0 Å². The number of benzene rings is 1. The molecule has 0 unspecified atom stereocenters. The van der Waals surface area contributed by atoms with Crippen molar-refractivity contribution in [3.63, 3.8) is 0 Å². The fourth-order valence-corrected chi connectivity index (χ4v) is 4.70. The second-order valence-electron chi connectivity index (χ2n) is 10.5. The number of aromatic nitrogens is 3. The molecule has 3 aromatic rings. The average molecular weight is 544 g/mol. The van der Waals surface area contributed by atoms with E-state index in [1.165, 1.54) is 15.4 Å². The molecule has 2 aromatic heterocycles. The lowest BCUT2D eigenvalue weighted by Gasteiger charge is -2.41. The molecule has 38 heavy (non-hydrogen) atoms. The molecule has 1 fully saturated rings. The molecule has 3 heterocycles. The summed E-state index contributed by atoms with van der Waals surface area (Å²) in [7, 11) is 0. The summed E-state index contributed by atoms with van der Waals surface area (Å²) < 4.78 is 8.87. The highest BCUT2D eigenvalue weighted by Gasteiger charge is 2.37. The van der Waals surface area contributed by atoms with Crippen LogP contribution < -0.4 is 10.5 Å². The number of hydrogen-bond acceptors (Lipinski definition) is 6. The molecule has 1 aliphatic heterocycles. The van der Waals surface area contributed by atoms with Crippen LogP contribution in [0.4, 0.5) is 10.6 Å². The Morgan fingerprint density at radius 2 is 1.87 bits per heavy atom. The van der Waals surface area contributed by atoms with E-state index >= 15 is 0 Å². The minimum Gasteiger partial charge on any atom is -0.480 e. The number of imidazole rings is 1. The topological polar surface area (TPSA) is 109 Å². The molecule has 0 saturated carbocycles. The largest absolute Gasteiger partial charge is 0.480 e. The second-order valence-corrected chi connectivity index (χ2v) is 10.9. The number of anilines is 1. The summed E-state index contributed by atoms with van der Waals surface area (Å²) >= 11 is 6.04. The van der Waals surface area contributed by atoms with Gasteiger partial charge in [0, 0.05) is 42.5 Å². The summed E-state index contributed by atoms with van der Waals surface area (Å²) in [6.45, 7) is 8.38. The van der Waals surface area contributed by atoms with Crippen molar-refractivity contribution in [3.05, 3.63) is 51.9 Å². The molecule has 1 aliphatic rings. The monoisotopic (exact) mass is 543 g/mol. The molecule has 1 saturated heterocycles. The van der Waals surface area contributed by atoms with Gasteiger partial charge in [0.1, 0.15) is 17.5 Å². The lowest BCUT2D eigenvalue weighted by atomic mass is 10.1. The van der Waals surface area contributed by atoms with Crippen LogP contribution in [0.2, 0.25) is 5.02 Å². The highest BCUT2D eigenvalue weighted by atomic mass is 35.5. The zero-order chi connectivity index (χ0) is 27.6. The Labute approximate surface area is 226 Å². The smallest absolute Gasteiger partial charge is 0.410 e. The predicted molar refractivity (Wildman–Crippen MR) is 146 cm³/mol. The van der Waals surface area contributed by atoms with Crippen molar-refractivity contribution in [2.75, 3.05) is 24.5 Å². The second kappa shape index (κ2) is 11.1. The molecule has 0 spiro atoms. The van der Waals surface area contributed by atoms with Crippen molar-refractivity contribution >= 4 is 35.3 Å². The number of halogens is 1. The molecular formula is C27H34ClN5O5. The summed E-state index contributed by atoms with van der Waals surface area (Å²) in [5.41, 5.74) is 0.423. The average Bonchev–Trinajstić information content (AvgIpc) is 3.30. The van der Waals surface area contributed by atoms with Crippen LogP contribution in [-0.2, 0) is 16.1 Å². The van der Waals surface area contributed by atoms with Crippen LogP contribution >= 0.6 is 11.6 Å². The first-order chi connectivity index (χ1) is 18.0. The Balaban J connectivity index is 1.76. The lowest BCUT2D eigenvalue weighted by Crippen LogP contribution is -2.59. The Morgan fingerprint density at radius 1 is 1.16 bits per heavy atom. The summed E-state index contributed by atoms with van der Waals surface area (Å²) in [4.78, 5) is 46.2. The summed E-state index contributed by atoms with van der Waals surface area (Å²) in [5, 5.41) is 10.7. The van der Waals surface area contributed by atoms with Crippen molar-refractivity contribution in [1.82, 2.24) is 18.9 Å². The maximum absolute atomic E-state index is 13.3. The van der Waals surface area contributed by atoms with Gasteiger partial charge in [-0.3, -0.25) is 13.8 Å². The van der Waals surface area contributed by atoms with Gasteiger partial charge >= 0.3 is 12.1 Å². The molecule has 1 aromatic carbocycles. The van der Waals surface area contributed by atoms with Gasteiger partial charge in [-0.05, 0) is 39.3 Å². The van der Waals surface area contributed by atoms with E-state index in [0.29, 0.717) is 28.9 Å². The van der Waals surface area contributed by atoms with E-state index < -0.39 is 23.7 Å². The molecule has 10 nitrogen and oxygen atoms in total. The number of carbonyl (C=O) groups is 2. The van der Waals surface area contributed by atoms with Gasteiger partial charge in [0.2, 0.25) is 5.78 Å². The van der Waals surface area contributed by atoms with Crippen LogP contribution in [0, 0.1) is 0 Å². The first kappa shape index (κ1) is 27.5. The minimum absolute atomic E-state index is 0.0664. The zero-order valence-electron chi connectivity index (χ0n) is 22.2. The molecule has 1 N–H and O–H groups in total.